The van der Waals surface area contributed by atoms with Crippen molar-refractivity contribution in [3.8, 4) is 0 Å². The molecule has 21 heavy (non-hydrogen) atoms. The fourth-order valence-corrected chi connectivity index (χ4v) is 3.47. The van der Waals surface area contributed by atoms with Gasteiger partial charge in [-0.05, 0) is 38.3 Å². The number of rotatable bonds is 9. The molecule has 3 unspecified atom stereocenters. The molecule has 124 valence electrons. The van der Waals surface area contributed by atoms with Crippen LogP contribution in [0.1, 0.15) is 39.0 Å². The zero-order chi connectivity index (χ0) is 15.7. The molecule has 1 aliphatic carbocycles. The molecule has 5 heteroatoms. The van der Waals surface area contributed by atoms with Gasteiger partial charge < -0.3 is 15.8 Å². The van der Waals surface area contributed by atoms with Gasteiger partial charge in [-0.2, -0.15) is 0 Å². The van der Waals surface area contributed by atoms with E-state index in [2.05, 4.69) is 24.2 Å². The van der Waals surface area contributed by atoms with E-state index in [0.29, 0.717) is 31.7 Å². The van der Waals surface area contributed by atoms with Crippen molar-refractivity contribution in [2.75, 3.05) is 40.4 Å². The first-order valence-electron chi connectivity index (χ1n) is 8.28. The Kier molecular flexibility index (Phi) is 8.88. The van der Waals surface area contributed by atoms with Crippen LogP contribution in [0.5, 0.6) is 0 Å². The van der Waals surface area contributed by atoms with E-state index in [1.165, 1.54) is 32.1 Å². The molecule has 0 aromatic heterocycles. The van der Waals surface area contributed by atoms with Gasteiger partial charge in [-0.15, -0.1) is 0 Å². The first-order chi connectivity index (χ1) is 10.1. The van der Waals surface area contributed by atoms with E-state index in [4.69, 9.17) is 10.5 Å². The summed E-state index contributed by atoms with van der Waals surface area (Å²) in [6, 6.07) is 0.438. The van der Waals surface area contributed by atoms with Crippen molar-refractivity contribution in [3.05, 3.63) is 0 Å². The van der Waals surface area contributed by atoms with Gasteiger partial charge in [0, 0.05) is 19.7 Å². The Labute approximate surface area is 129 Å². The summed E-state index contributed by atoms with van der Waals surface area (Å²) in [5.41, 5.74) is 5.94. The summed E-state index contributed by atoms with van der Waals surface area (Å²) in [4.78, 5) is 14.1. The summed E-state index contributed by atoms with van der Waals surface area (Å²) in [5, 5.41) is 2.89. The van der Waals surface area contributed by atoms with Crippen molar-refractivity contribution >= 4 is 5.91 Å². The maximum absolute atomic E-state index is 11.9. The third kappa shape index (κ3) is 6.32. The van der Waals surface area contributed by atoms with Crippen LogP contribution in [0.15, 0.2) is 0 Å². The van der Waals surface area contributed by atoms with Crippen LogP contribution in [-0.2, 0) is 9.53 Å². The standard InChI is InChI=1S/C16H33N3O2/c1-4-5-13-6-7-14(11-17)15(10-13)19(2)12-16(20)18-8-9-21-3/h13-15H,4-12,17H2,1-3H3,(H,18,20). The Balaban J connectivity index is 2.47. The molecule has 1 rings (SSSR count). The molecule has 0 saturated heterocycles. The molecule has 1 fully saturated rings. The number of nitrogens with two attached hydrogens (primary N) is 1. The van der Waals surface area contributed by atoms with Crippen molar-refractivity contribution in [3.63, 3.8) is 0 Å². The average Bonchev–Trinajstić information content (AvgIpc) is 2.47. The lowest BCUT2D eigenvalue weighted by Crippen LogP contribution is -2.48. The summed E-state index contributed by atoms with van der Waals surface area (Å²) in [5.74, 6) is 1.39. The largest absolute Gasteiger partial charge is 0.383 e. The lowest BCUT2D eigenvalue weighted by atomic mass is 9.76. The molecular formula is C16H33N3O2. The maximum Gasteiger partial charge on any atom is 0.234 e. The molecule has 0 heterocycles. The van der Waals surface area contributed by atoms with Gasteiger partial charge in [0.1, 0.15) is 0 Å². The smallest absolute Gasteiger partial charge is 0.234 e. The minimum atomic E-state index is 0.0722. The zero-order valence-corrected chi connectivity index (χ0v) is 13.9. The highest BCUT2D eigenvalue weighted by atomic mass is 16.5. The summed E-state index contributed by atoms with van der Waals surface area (Å²) < 4.78 is 4.94. The fraction of sp³-hybridized carbons (Fsp3) is 0.938. The van der Waals surface area contributed by atoms with E-state index in [1.807, 2.05) is 0 Å². The van der Waals surface area contributed by atoms with Gasteiger partial charge in [0.15, 0.2) is 0 Å². The van der Waals surface area contributed by atoms with Crippen molar-refractivity contribution in [1.29, 1.82) is 0 Å². The number of amides is 1. The summed E-state index contributed by atoms with van der Waals surface area (Å²) in [7, 11) is 3.69. The van der Waals surface area contributed by atoms with Crippen LogP contribution in [0.4, 0.5) is 0 Å². The topological polar surface area (TPSA) is 67.6 Å². The first kappa shape index (κ1) is 18.4. The fourth-order valence-electron chi connectivity index (χ4n) is 3.47. The van der Waals surface area contributed by atoms with Gasteiger partial charge >= 0.3 is 0 Å². The third-order valence-electron chi connectivity index (χ3n) is 4.65. The van der Waals surface area contributed by atoms with E-state index in [0.717, 1.165) is 12.5 Å². The maximum atomic E-state index is 11.9. The van der Waals surface area contributed by atoms with Crippen LogP contribution in [0, 0.1) is 11.8 Å². The number of carbonyl (C=O) groups is 1. The molecule has 0 spiro atoms. The number of nitrogens with one attached hydrogen (secondary N) is 1. The molecule has 0 bridgehead atoms. The number of hydrogen-bond acceptors (Lipinski definition) is 4. The predicted octanol–water partition coefficient (Wildman–Crippen LogP) is 1.22. The first-order valence-corrected chi connectivity index (χ1v) is 8.28. The number of ether oxygens (including phenoxy) is 1. The Morgan fingerprint density at radius 3 is 2.81 bits per heavy atom. The Morgan fingerprint density at radius 1 is 1.43 bits per heavy atom. The molecule has 1 amide bonds. The van der Waals surface area contributed by atoms with Crippen LogP contribution in [-0.4, -0.2) is 57.2 Å². The molecule has 3 atom stereocenters. The second-order valence-electron chi connectivity index (χ2n) is 6.29. The zero-order valence-electron chi connectivity index (χ0n) is 13.9. The minimum Gasteiger partial charge on any atom is -0.383 e. The highest BCUT2D eigenvalue weighted by molar-refractivity contribution is 5.77. The summed E-state index contributed by atoms with van der Waals surface area (Å²) >= 11 is 0. The molecular weight excluding hydrogens is 266 g/mol. The second kappa shape index (κ2) is 10.1. The van der Waals surface area contributed by atoms with E-state index in [-0.39, 0.29) is 5.91 Å². The van der Waals surface area contributed by atoms with Gasteiger partial charge in [-0.1, -0.05) is 26.2 Å². The third-order valence-corrected chi connectivity index (χ3v) is 4.65. The Morgan fingerprint density at radius 2 is 2.19 bits per heavy atom. The quantitative estimate of drug-likeness (QED) is 0.628. The molecule has 0 aromatic carbocycles. The number of methoxy groups -OCH3 is 1. The van der Waals surface area contributed by atoms with Gasteiger partial charge in [0.05, 0.1) is 13.2 Å². The summed E-state index contributed by atoms with van der Waals surface area (Å²) in [6.07, 6.45) is 6.20. The molecule has 5 nitrogen and oxygen atoms in total. The van der Waals surface area contributed by atoms with E-state index >= 15 is 0 Å². The minimum absolute atomic E-state index is 0.0722. The Hall–Kier alpha value is -0.650. The number of hydrogen-bond donors (Lipinski definition) is 2. The second-order valence-corrected chi connectivity index (χ2v) is 6.29. The van der Waals surface area contributed by atoms with Crippen molar-refractivity contribution in [2.45, 2.75) is 45.1 Å². The lowest BCUT2D eigenvalue weighted by Gasteiger charge is -2.40. The predicted molar refractivity (Wildman–Crippen MR) is 86.1 cm³/mol. The van der Waals surface area contributed by atoms with Crippen molar-refractivity contribution < 1.29 is 9.53 Å². The van der Waals surface area contributed by atoms with Crippen LogP contribution in [0.3, 0.4) is 0 Å². The number of likely N-dealkylation sites (N-methyl/N-ethyl adjacent to an activating group) is 1. The number of nitrogens with zero attached hydrogens (tertiary/aromatic N) is 1. The molecule has 0 aromatic rings. The number of carbonyl (C=O) groups excluding carboxylic acids is 1. The van der Waals surface area contributed by atoms with Crippen LogP contribution in [0.2, 0.25) is 0 Å². The highest BCUT2D eigenvalue weighted by Gasteiger charge is 2.32. The summed E-state index contributed by atoms with van der Waals surface area (Å²) in [6.45, 7) is 4.55. The van der Waals surface area contributed by atoms with Crippen LogP contribution in [0.25, 0.3) is 0 Å². The lowest BCUT2D eigenvalue weighted by molar-refractivity contribution is -0.123. The van der Waals surface area contributed by atoms with Crippen LogP contribution >= 0.6 is 0 Å². The Bertz CT molecular complexity index is 299. The normalized spacial score (nSPS) is 26.0. The molecule has 1 saturated carbocycles. The van der Waals surface area contributed by atoms with Crippen molar-refractivity contribution in [1.82, 2.24) is 10.2 Å². The van der Waals surface area contributed by atoms with Gasteiger partial charge in [-0.25, -0.2) is 0 Å². The SMILES string of the molecule is CCCC1CCC(CN)C(N(C)CC(=O)NCCOC)C1. The molecule has 1 aliphatic rings. The van der Waals surface area contributed by atoms with Crippen molar-refractivity contribution in [2.24, 2.45) is 17.6 Å². The van der Waals surface area contributed by atoms with Gasteiger partial charge in [0.2, 0.25) is 5.91 Å². The van der Waals surface area contributed by atoms with E-state index in [1.54, 1.807) is 7.11 Å². The highest BCUT2D eigenvalue weighted by Crippen LogP contribution is 2.33. The van der Waals surface area contributed by atoms with E-state index in [9.17, 15) is 4.79 Å². The molecule has 3 N–H and O–H groups in total. The molecule has 0 radical (unpaired) electrons. The van der Waals surface area contributed by atoms with Gasteiger partial charge in [0.25, 0.3) is 0 Å². The monoisotopic (exact) mass is 299 g/mol. The molecule has 0 aliphatic heterocycles. The van der Waals surface area contributed by atoms with Gasteiger partial charge in [-0.3, -0.25) is 9.69 Å². The average molecular weight is 299 g/mol. The van der Waals surface area contributed by atoms with Crippen LogP contribution < -0.4 is 11.1 Å². The van der Waals surface area contributed by atoms with E-state index < -0.39 is 0 Å².